The molecule has 1 atom stereocenters. The van der Waals surface area contributed by atoms with Crippen LogP contribution in [0.4, 0.5) is 0 Å². The summed E-state index contributed by atoms with van der Waals surface area (Å²) in [5.41, 5.74) is -3.57. The minimum atomic E-state index is -3.57. The van der Waals surface area contributed by atoms with Gasteiger partial charge >= 0.3 is 5.97 Å². The molecule has 10 heavy (non-hydrogen) atoms. The van der Waals surface area contributed by atoms with Gasteiger partial charge in [-0.15, -0.1) is 0 Å². The van der Waals surface area contributed by atoms with Crippen molar-refractivity contribution in [3.63, 3.8) is 0 Å². The van der Waals surface area contributed by atoms with Crippen LogP contribution in [0.3, 0.4) is 0 Å². The fourth-order valence-corrected chi connectivity index (χ4v) is 0.292. The normalized spacial score (nSPS) is 26.0. The Kier molecular flexibility index (Phi) is 0.970. The topological polar surface area (TPSA) is 74.6 Å². The van der Waals surface area contributed by atoms with Crippen LogP contribution in [0.1, 0.15) is 27.0 Å². The molecule has 0 radical (unpaired) electrons. The summed E-state index contributed by atoms with van der Waals surface area (Å²) in [5.74, 6) is -3.70. The number of rotatable bonds is 3. The van der Waals surface area contributed by atoms with Crippen molar-refractivity contribution in [1.29, 1.82) is 0 Å². The molecule has 0 aliphatic heterocycles. The zero-order valence-electron chi connectivity index (χ0n) is 10.2. The number of carbonyl (C=O) groups excluding carboxylic acids is 1. The van der Waals surface area contributed by atoms with Crippen molar-refractivity contribution in [1.82, 2.24) is 0 Å². The van der Waals surface area contributed by atoms with E-state index in [0.717, 1.165) is 0 Å². The maximum atomic E-state index is 10.9. The van der Waals surface area contributed by atoms with Crippen LogP contribution in [0.5, 0.6) is 0 Å². The Morgan fingerprint density at radius 3 is 2.40 bits per heavy atom. The van der Waals surface area contributed by atoms with Gasteiger partial charge in [-0.05, 0) is 13.3 Å². The lowest BCUT2D eigenvalue weighted by Gasteiger charge is -2.16. The molecule has 0 saturated carbocycles. The Balaban J connectivity index is 5.68. The lowest BCUT2D eigenvalue weighted by Crippen LogP contribution is -2.44. The van der Waals surface area contributed by atoms with Crippen LogP contribution in [0, 0.1) is 0 Å². The molecular formula is C6H10O4. The van der Waals surface area contributed by atoms with Gasteiger partial charge in [0.15, 0.2) is 5.78 Å². The zero-order chi connectivity index (χ0) is 12.7. The maximum Gasteiger partial charge on any atom is 0.343 e. The van der Waals surface area contributed by atoms with Gasteiger partial charge in [0.2, 0.25) is 5.60 Å². The van der Waals surface area contributed by atoms with Gasteiger partial charge in [0.1, 0.15) is 0 Å². The largest absolute Gasteiger partial charge is 0.479 e. The van der Waals surface area contributed by atoms with E-state index in [2.05, 4.69) is 0 Å². The van der Waals surface area contributed by atoms with Crippen LogP contribution in [0.2, 0.25) is 0 Å². The lowest BCUT2D eigenvalue weighted by atomic mass is 10.3. The Morgan fingerprint density at radius 1 is 1.80 bits per heavy atom. The standard InChI is InChI=1S/C6H10O4/c1-3-6(10,4(2)7)5(8)9/h10H,3H2,1-2H3,(H,8,9)/i1+1D3,2+1,3+1D2,4+1. The second kappa shape index (κ2) is 2.79. The average Bonchev–Trinajstić information content (AvgIpc) is 1.99. The molecule has 0 bridgehead atoms. The van der Waals surface area contributed by atoms with E-state index >= 15 is 0 Å². The number of ketones is 1. The van der Waals surface area contributed by atoms with Crippen molar-refractivity contribution in [2.45, 2.75) is 25.7 Å². The van der Waals surface area contributed by atoms with Gasteiger partial charge in [-0.3, -0.25) is 4.79 Å². The lowest BCUT2D eigenvalue weighted by molar-refractivity contribution is -0.164. The molecular weight excluding hydrogens is 140 g/mol. The maximum absolute atomic E-state index is 10.9. The van der Waals surface area contributed by atoms with Crippen molar-refractivity contribution in [3.05, 3.63) is 0 Å². The summed E-state index contributed by atoms with van der Waals surface area (Å²) in [4.78, 5) is 21.5. The Labute approximate surface area is 65.5 Å². The van der Waals surface area contributed by atoms with Crippen molar-refractivity contribution < 1.29 is 26.7 Å². The molecule has 4 heteroatoms. The van der Waals surface area contributed by atoms with Crippen molar-refractivity contribution in [2.24, 2.45) is 0 Å². The first-order chi connectivity index (χ1) is 6.39. The molecule has 0 amide bonds. The molecule has 0 heterocycles. The predicted octanol–water partition coefficient (Wildman–Crippen LogP) is -0.199. The first-order valence-electron chi connectivity index (χ1n) is 4.86. The Hall–Kier alpha value is -0.900. The minimum absolute atomic E-state index is 0.609. The zero-order valence-corrected chi connectivity index (χ0v) is 5.21. The molecule has 2 N–H and O–H groups in total. The SMILES string of the molecule is [2H][13C]([2H])([2H])[13C]([2H])([2H])C(O)(C(=O)O)[13C]([13CH3])=O. The Bertz CT molecular complexity index is 280. The number of aliphatic hydroxyl groups is 1. The monoisotopic (exact) mass is 155 g/mol. The number of Topliss-reactive ketones (excluding diaryl/α,β-unsaturated/α-hetero) is 1. The van der Waals surface area contributed by atoms with E-state index in [0.29, 0.717) is 6.92 Å². The first-order valence-corrected chi connectivity index (χ1v) is 2.36. The van der Waals surface area contributed by atoms with Crippen LogP contribution in [-0.4, -0.2) is 27.6 Å². The molecule has 0 fully saturated rings. The van der Waals surface area contributed by atoms with Crippen molar-refractivity contribution >= 4 is 11.8 Å². The highest BCUT2D eigenvalue weighted by Gasteiger charge is 2.38. The third-order valence-corrected chi connectivity index (χ3v) is 1.000. The first kappa shape index (κ1) is 3.48. The smallest absolute Gasteiger partial charge is 0.343 e. The van der Waals surface area contributed by atoms with Gasteiger partial charge in [0.25, 0.3) is 0 Å². The van der Waals surface area contributed by atoms with Crippen LogP contribution in [0.25, 0.3) is 0 Å². The second-order valence-electron chi connectivity index (χ2n) is 1.70. The van der Waals surface area contributed by atoms with Gasteiger partial charge in [0, 0.05) is 6.85 Å². The van der Waals surface area contributed by atoms with Gasteiger partial charge in [-0.1, -0.05) is 6.85 Å². The molecule has 0 aromatic rings. The van der Waals surface area contributed by atoms with Gasteiger partial charge in [0.05, 0.1) is 0 Å². The van der Waals surface area contributed by atoms with Crippen LogP contribution >= 0.6 is 0 Å². The summed E-state index contributed by atoms with van der Waals surface area (Å²) >= 11 is 0. The van der Waals surface area contributed by atoms with Crippen molar-refractivity contribution in [3.8, 4) is 0 Å². The minimum Gasteiger partial charge on any atom is -0.479 e. The third kappa shape index (κ3) is 1.33. The highest BCUT2D eigenvalue weighted by atomic mass is 16.4. The third-order valence-electron chi connectivity index (χ3n) is 1.000. The number of carboxylic acids is 1. The molecule has 0 aromatic heterocycles. The fraction of sp³-hybridized carbons (Fsp3) is 0.667. The van der Waals surface area contributed by atoms with Gasteiger partial charge in [-0.2, -0.15) is 0 Å². The van der Waals surface area contributed by atoms with E-state index in [9.17, 15) is 14.7 Å². The summed E-state index contributed by atoms with van der Waals surface area (Å²) in [5, 5.41) is 17.9. The molecule has 58 valence electrons. The second-order valence-corrected chi connectivity index (χ2v) is 1.70. The average molecular weight is 155 g/mol. The summed E-state index contributed by atoms with van der Waals surface area (Å²) in [6.07, 6.45) is -3.56. The fourth-order valence-electron chi connectivity index (χ4n) is 0.292. The summed E-state index contributed by atoms with van der Waals surface area (Å²) in [6.45, 7) is -2.82. The predicted molar refractivity (Wildman–Crippen MR) is 33.6 cm³/mol. The quantitative estimate of drug-likeness (QED) is 0.437. The molecule has 0 spiro atoms. The number of carboxylic acid groups (broad SMARTS) is 1. The number of aliphatic carboxylic acids is 1. The van der Waals surface area contributed by atoms with Crippen LogP contribution in [0.15, 0.2) is 0 Å². The molecule has 0 aliphatic rings. The molecule has 1 unspecified atom stereocenters. The van der Waals surface area contributed by atoms with Crippen LogP contribution in [-0.2, 0) is 9.59 Å². The van der Waals surface area contributed by atoms with Crippen molar-refractivity contribution in [2.75, 3.05) is 0 Å². The summed E-state index contributed by atoms with van der Waals surface area (Å²) < 4.78 is 34.4. The van der Waals surface area contributed by atoms with E-state index in [1.807, 2.05) is 0 Å². The van der Waals surface area contributed by atoms with E-state index < -0.39 is 30.6 Å². The molecule has 4 nitrogen and oxygen atoms in total. The highest BCUT2D eigenvalue weighted by molar-refractivity contribution is 6.04. The molecule has 0 aromatic carbocycles. The highest BCUT2D eigenvalue weighted by Crippen LogP contribution is 2.10. The van der Waals surface area contributed by atoms with Crippen LogP contribution < -0.4 is 0 Å². The number of hydrogen-bond acceptors (Lipinski definition) is 3. The Morgan fingerprint density at radius 2 is 2.30 bits per heavy atom. The van der Waals surface area contributed by atoms with E-state index in [1.165, 1.54) is 0 Å². The molecule has 0 aliphatic carbocycles. The van der Waals surface area contributed by atoms with E-state index in [4.69, 9.17) is 12.0 Å². The number of carbonyl (C=O) groups is 2. The van der Waals surface area contributed by atoms with Gasteiger partial charge in [-0.25, -0.2) is 4.79 Å². The molecule has 0 saturated heterocycles. The number of hydrogen-bond donors (Lipinski definition) is 2. The van der Waals surface area contributed by atoms with E-state index in [-0.39, 0.29) is 0 Å². The summed E-state index contributed by atoms with van der Waals surface area (Å²) in [7, 11) is 0. The summed E-state index contributed by atoms with van der Waals surface area (Å²) in [6, 6.07) is 0. The van der Waals surface area contributed by atoms with Gasteiger partial charge < -0.3 is 10.2 Å². The molecule has 0 rings (SSSR count). The van der Waals surface area contributed by atoms with E-state index in [1.54, 1.807) is 0 Å².